The van der Waals surface area contributed by atoms with Crippen LogP contribution in [0.3, 0.4) is 0 Å². The van der Waals surface area contributed by atoms with E-state index in [1.54, 1.807) is 0 Å². The average Bonchev–Trinajstić information content (AvgIpc) is 2.56. The van der Waals surface area contributed by atoms with Gasteiger partial charge in [0, 0.05) is 12.3 Å². The van der Waals surface area contributed by atoms with Crippen molar-refractivity contribution < 1.29 is 4.79 Å². The molecule has 1 aromatic carbocycles. The van der Waals surface area contributed by atoms with Crippen molar-refractivity contribution in [2.75, 3.05) is 0 Å². The summed E-state index contributed by atoms with van der Waals surface area (Å²) < 4.78 is 0. The molecule has 3 heteroatoms. The van der Waals surface area contributed by atoms with E-state index in [2.05, 4.69) is 11.4 Å². The number of carbonyl (C=O) groups excluding carboxylic acids is 1. The molecule has 0 saturated carbocycles. The molecule has 0 aliphatic carbocycles. The Hall–Kier alpha value is -1.82. The molecule has 1 aliphatic rings. The highest BCUT2D eigenvalue weighted by Crippen LogP contribution is 2.35. The number of benzene rings is 1. The zero-order chi connectivity index (χ0) is 10.9. The quantitative estimate of drug-likeness (QED) is 0.748. The molecule has 0 aromatic heterocycles. The first kappa shape index (κ1) is 9.72. The van der Waals surface area contributed by atoms with Gasteiger partial charge in [-0.2, -0.15) is 5.26 Å². The summed E-state index contributed by atoms with van der Waals surface area (Å²) in [4.78, 5) is 11.3. The lowest BCUT2D eigenvalue weighted by atomic mass is 9.82. The van der Waals surface area contributed by atoms with Gasteiger partial charge in [0.1, 0.15) is 0 Å². The molecule has 0 spiro atoms. The Bertz CT molecular complexity index is 421. The molecule has 1 saturated heterocycles. The molecule has 2 rings (SSSR count). The number of carbonyl (C=O) groups is 1. The topological polar surface area (TPSA) is 52.9 Å². The van der Waals surface area contributed by atoms with Crippen LogP contribution >= 0.6 is 0 Å². The van der Waals surface area contributed by atoms with E-state index in [0.717, 1.165) is 5.56 Å². The number of nitrogens with one attached hydrogen (secondary N) is 1. The van der Waals surface area contributed by atoms with Crippen LogP contribution in [0.1, 0.15) is 18.9 Å². The van der Waals surface area contributed by atoms with Crippen molar-refractivity contribution in [1.29, 1.82) is 5.26 Å². The molecule has 0 radical (unpaired) electrons. The number of amides is 1. The summed E-state index contributed by atoms with van der Waals surface area (Å²) >= 11 is 0. The van der Waals surface area contributed by atoms with Crippen LogP contribution in [0, 0.1) is 17.2 Å². The van der Waals surface area contributed by atoms with Crippen LogP contribution in [0.15, 0.2) is 30.3 Å². The number of rotatable bonds is 1. The second-order valence-electron chi connectivity index (χ2n) is 3.94. The van der Waals surface area contributed by atoms with Gasteiger partial charge in [-0.3, -0.25) is 4.79 Å². The summed E-state index contributed by atoms with van der Waals surface area (Å²) in [6.07, 6.45) is 0.419. The van der Waals surface area contributed by atoms with Crippen molar-refractivity contribution in [2.24, 2.45) is 5.92 Å². The van der Waals surface area contributed by atoms with Gasteiger partial charge in [-0.15, -0.1) is 0 Å². The van der Waals surface area contributed by atoms with Gasteiger partial charge in [0.25, 0.3) is 0 Å². The monoisotopic (exact) mass is 200 g/mol. The average molecular weight is 200 g/mol. The van der Waals surface area contributed by atoms with E-state index < -0.39 is 5.54 Å². The predicted molar refractivity (Wildman–Crippen MR) is 55.7 cm³/mol. The maximum Gasteiger partial charge on any atom is 0.221 e. The van der Waals surface area contributed by atoms with Crippen molar-refractivity contribution in [3.63, 3.8) is 0 Å². The second-order valence-corrected chi connectivity index (χ2v) is 3.94. The first-order valence-electron chi connectivity index (χ1n) is 4.97. The summed E-state index contributed by atoms with van der Waals surface area (Å²) in [6, 6.07) is 11.7. The molecule has 3 nitrogen and oxygen atoms in total. The van der Waals surface area contributed by atoms with E-state index in [-0.39, 0.29) is 11.8 Å². The van der Waals surface area contributed by atoms with Gasteiger partial charge in [0.2, 0.25) is 5.91 Å². The molecule has 1 amide bonds. The Labute approximate surface area is 88.7 Å². The lowest BCUT2D eigenvalue weighted by Crippen LogP contribution is -2.40. The van der Waals surface area contributed by atoms with Crippen molar-refractivity contribution in [2.45, 2.75) is 18.9 Å². The molecule has 1 N–H and O–H groups in total. The number of nitrogens with zero attached hydrogens (tertiary/aromatic N) is 1. The Morgan fingerprint density at radius 3 is 2.60 bits per heavy atom. The van der Waals surface area contributed by atoms with Gasteiger partial charge in [0.05, 0.1) is 6.07 Å². The molecular formula is C12H12N2O. The van der Waals surface area contributed by atoms with Crippen molar-refractivity contribution in [3.8, 4) is 6.07 Å². The molecule has 1 fully saturated rings. The Morgan fingerprint density at radius 2 is 2.13 bits per heavy atom. The minimum absolute atomic E-state index is 0.0115. The van der Waals surface area contributed by atoms with Crippen LogP contribution in [-0.4, -0.2) is 5.91 Å². The van der Waals surface area contributed by atoms with Crippen molar-refractivity contribution >= 4 is 5.91 Å². The summed E-state index contributed by atoms with van der Waals surface area (Å²) in [6.45, 7) is 1.92. The highest BCUT2D eigenvalue weighted by atomic mass is 16.2. The molecule has 1 aromatic rings. The van der Waals surface area contributed by atoms with Gasteiger partial charge in [-0.25, -0.2) is 0 Å². The normalized spacial score (nSPS) is 29.6. The zero-order valence-corrected chi connectivity index (χ0v) is 8.53. The largest absolute Gasteiger partial charge is 0.334 e. The van der Waals surface area contributed by atoms with E-state index in [4.69, 9.17) is 0 Å². The predicted octanol–water partition coefficient (Wildman–Crippen LogP) is 1.56. The zero-order valence-electron chi connectivity index (χ0n) is 8.53. The number of hydrogen-bond acceptors (Lipinski definition) is 2. The van der Waals surface area contributed by atoms with Gasteiger partial charge >= 0.3 is 0 Å². The second kappa shape index (κ2) is 3.39. The molecule has 2 unspecified atom stereocenters. The van der Waals surface area contributed by atoms with Gasteiger partial charge in [-0.05, 0) is 5.56 Å². The highest BCUT2D eigenvalue weighted by molar-refractivity contribution is 5.81. The van der Waals surface area contributed by atoms with Crippen LogP contribution in [0.4, 0.5) is 0 Å². The van der Waals surface area contributed by atoms with Crippen LogP contribution in [-0.2, 0) is 10.3 Å². The van der Waals surface area contributed by atoms with E-state index in [1.807, 2.05) is 37.3 Å². The summed E-state index contributed by atoms with van der Waals surface area (Å²) in [5.74, 6) is -0.0368. The number of nitriles is 1. The molecule has 2 atom stereocenters. The minimum atomic E-state index is -0.835. The highest BCUT2D eigenvalue weighted by Gasteiger charge is 2.45. The Balaban J connectivity index is 2.48. The fourth-order valence-electron chi connectivity index (χ4n) is 2.09. The van der Waals surface area contributed by atoms with Gasteiger partial charge in [0.15, 0.2) is 5.54 Å². The van der Waals surface area contributed by atoms with Crippen molar-refractivity contribution in [1.82, 2.24) is 5.32 Å². The van der Waals surface area contributed by atoms with Crippen molar-refractivity contribution in [3.05, 3.63) is 35.9 Å². The molecule has 1 heterocycles. The third kappa shape index (κ3) is 1.39. The van der Waals surface area contributed by atoms with Crippen LogP contribution in [0.25, 0.3) is 0 Å². The summed E-state index contributed by atoms with van der Waals surface area (Å²) in [7, 11) is 0. The van der Waals surface area contributed by atoms with Gasteiger partial charge in [-0.1, -0.05) is 37.3 Å². The fraction of sp³-hybridized carbons (Fsp3) is 0.333. The van der Waals surface area contributed by atoms with Crippen LogP contribution < -0.4 is 5.32 Å². The first-order valence-corrected chi connectivity index (χ1v) is 4.97. The van der Waals surface area contributed by atoms with E-state index in [9.17, 15) is 10.1 Å². The smallest absolute Gasteiger partial charge is 0.221 e. The van der Waals surface area contributed by atoms with E-state index in [0.29, 0.717) is 6.42 Å². The minimum Gasteiger partial charge on any atom is -0.334 e. The standard InChI is InChI=1S/C12H12N2O/c1-9-7-11(15)14-12(9,8-13)10-5-3-2-4-6-10/h2-6,9H,7H2,1H3,(H,14,15). The van der Waals surface area contributed by atoms with E-state index in [1.165, 1.54) is 0 Å². The Kier molecular flexibility index (Phi) is 2.20. The Morgan fingerprint density at radius 1 is 1.47 bits per heavy atom. The first-order chi connectivity index (χ1) is 7.19. The molecule has 76 valence electrons. The molecule has 0 bridgehead atoms. The fourth-order valence-corrected chi connectivity index (χ4v) is 2.09. The third-order valence-corrected chi connectivity index (χ3v) is 2.97. The van der Waals surface area contributed by atoms with E-state index >= 15 is 0 Å². The maximum absolute atomic E-state index is 11.3. The lowest BCUT2D eigenvalue weighted by Gasteiger charge is -2.25. The summed E-state index contributed by atoms with van der Waals surface area (Å²) in [5, 5.41) is 12.1. The van der Waals surface area contributed by atoms with Crippen LogP contribution in [0.2, 0.25) is 0 Å². The molecule has 1 aliphatic heterocycles. The maximum atomic E-state index is 11.3. The number of hydrogen-bond donors (Lipinski definition) is 1. The van der Waals surface area contributed by atoms with Crippen LogP contribution in [0.5, 0.6) is 0 Å². The lowest BCUT2D eigenvalue weighted by molar-refractivity contribution is -0.119. The van der Waals surface area contributed by atoms with Gasteiger partial charge < -0.3 is 5.32 Å². The third-order valence-electron chi connectivity index (χ3n) is 2.97. The molecule has 15 heavy (non-hydrogen) atoms. The summed E-state index contributed by atoms with van der Waals surface area (Å²) in [5.41, 5.74) is 0.0316. The molecular weight excluding hydrogens is 188 g/mol. The SMILES string of the molecule is CC1CC(=O)NC1(C#N)c1ccccc1.